The summed E-state index contributed by atoms with van der Waals surface area (Å²) in [6.07, 6.45) is 5.18. The van der Waals surface area contributed by atoms with Gasteiger partial charge in [-0.3, -0.25) is 4.99 Å². The number of nitrogens with one attached hydrogen (secondary N) is 1. The van der Waals surface area contributed by atoms with E-state index in [0.29, 0.717) is 6.04 Å². The van der Waals surface area contributed by atoms with Crippen LogP contribution < -0.4 is 5.43 Å². The zero-order valence-corrected chi connectivity index (χ0v) is 11.6. The van der Waals surface area contributed by atoms with Gasteiger partial charge < -0.3 is 10.5 Å². The molecule has 0 spiro atoms. The van der Waals surface area contributed by atoms with E-state index < -0.39 is 6.10 Å². The molecule has 0 saturated carbocycles. The quantitative estimate of drug-likeness (QED) is 0.858. The van der Waals surface area contributed by atoms with E-state index in [9.17, 15) is 5.11 Å². The van der Waals surface area contributed by atoms with E-state index in [-0.39, 0.29) is 5.92 Å². The van der Waals surface area contributed by atoms with Gasteiger partial charge in [0.1, 0.15) is 0 Å². The van der Waals surface area contributed by atoms with Crippen LogP contribution in [0.5, 0.6) is 0 Å². The van der Waals surface area contributed by atoms with Gasteiger partial charge in [-0.2, -0.15) is 5.10 Å². The molecule has 3 atom stereocenters. The van der Waals surface area contributed by atoms with E-state index in [1.807, 2.05) is 12.3 Å². The molecule has 0 fully saturated rings. The molecule has 4 heteroatoms. The van der Waals surface area contributed by atoms with Crippen molar-refractivity contribution in [2.24, 2.45) is 16.0 Å². The first kappa shape index (κ1) is 13.3. The molecule has 0 bridgehead atoms. The highest BCUT2D eigenvalue weighted by molar-refractivity contribution is 5.93. The molecule has 4 nitrogen and oxygen atoms in total. The van der Waals surface area contributed by atoms with E-state index >= 15 is 0 Å². The molecule has 3 unspecified atom stereocenters. The molecule has 2 heterocycles. The predicted molar refractivity (Wildman–Crippen MR) is 81.2 cm³/mol. The van der Waals surface area contributed by atoms with Crippen molar-refractivity contribution in [3.63, 3.8) is 0 Å². The number of aliphatic hydroxyl groups is 1. The number of fused-ring (bicyclic) bond motifs is 1. The van der Waals surface area contributed by atoms with Gasteiger partial charge in [-0.05, 0) is 24.8 Å². The Morgan fingerprint density at radius 3 is 3.00 bits per heavy atom. The normalized spacial score (nSPS) is 25.8. The highest BCUT2D eigenvalue weighted by atomic mass is 16.3. The lowest BCUT2D eigenvalue weighted by Crippen LogP contribution is -2.38. The molecule has 0 saturated heterocycles. The Morgan fingerprint density at radius 2 is 2.15 bits per heavy atom. The number of hydrazone groups is 1. The molecule has 2 aliphatic heterocycles. The molecule has 106 valence electrons. The lowest BCUT2D eigenvalue weighted by Gasteiger charge is -2.23. The number of benzene rings is 1. The first-order valence-electron chi connectivity index (χ1n) is 7.38. The molecule has 3 rings (SSSR count). The second-order valence-corrected chi connectivity index (χ2v) is 5.56. The van der Waals surface area contributed by atoms with Gasteiger partial charge in [-0.1, -0.05) is 30.3 Å². The van der Waals surface area contributed by atoms with Crippen molar-refractivity contribution < 1.29 is 5.11 Å². The van der Waals surface area contributed by atoms with Gasteiger partial charge in [0, 0.05) is 25.1 Å². The van der Waals surface area contributed by atoms with Crippen LogP contribution in [0.3, 0.4) is 0 Å². The van der Waals surface area contributed by atoms with Crippen LogP contribution >= 0.6 is 0 Å². The Labute approximate surface area is 119 Å². The number of hydrogen-bond acceptors (Lipinski definition) is 4. The van der Waals surface area contributed by atoms with Crippen molar-refractivity contribution in [3.05, 3.63) is 35.9 Å². The molecule has 20 heavy (non-hydrogen) atoms. The molecular weight excluding hydrogens is 250 g/mol. The Kier molecular flexibility index (Phi) is 4.11. The zero-order valence-electron chi connectivity index (χ0n) is 11.6. The SMILES string of the molecule is OC(CCCc1ccccc1)C1=NNC2CC=NCC12. The van der Waals surface area contributed by atoms with Crippen molar-refractivity contribution in [1.82, 2.24) is 5.43 Å². The third kappa shape index (κ3) is 2.90. The largest absolute Gasteiger partial charge is 0.387 e. The Balaban J connectivity index is 1.50. The maximum absolute atomic E-state index is 10.3. The molecule has 2 N–H and O–H groups in total. The van der Waals surface area contributed by atoms with Crippen molar-refractivity contribution in [2.45, 2.75) is 37.8 Å². The lowest BCUT2D eigenvalue weighted by atomic mass is 9.88. The van der Waals surface area contributed by atoms with Gasteiger partial charge in [0.15, 0.2) is 0 Å². The van der Waals surface area contributed by atoms with Crippen LogP contribution in [0.1, 0.15) is 24.8 Å². The fourth-order valence-electron chi connectivity index (χ4n) is 2.96. The number of aliphatic imine (C=N–C) groups is 1. The molecule has 1 aromatic rings. The zero-order chi connectivity index (χ0) is 13.8. The number of nitrogens with zero attached hydrogens (tertiary/aromatic N) is 2. The summed E-state index contributed by atoms with van der Waals surface area (Å²) >= 11 is 0. The molecule has 0 amide bonds. The van der Waals surface area contributed by atoms with E-state index in [4.69, 9.17) is 0 Å². The minimum Gasteiger partial charge on any atom is -0.387 e. The lowest BCUT2D eigenvalue weighted by molar-refractivity contribution is 0.221. The summed E-state index contributed by atoms with van der Waals surface area (Å²) in [6.45, 7) is 0.756. The Bertz CT molecular complexity index is 498. The molecule has 0 radical (unpaired) electrons. The van der Waals surface area contributed by atoms with Gasteiger partial charge in [-0.25, -0.2) is 0 Å². The van der Waals surface area contributed by atoms with Crippen LogP contribution in [0, 0.1) is 5.92 Å². The van der Waals surface area contributed by atoms with Crippen LogP contribution in [0.4, 0.5) is 0 Å². The van der Waals surface area contributed by atoms with Crippen molar-refractivity contribution in [2.75, 3.05) is 6.54 Å². The maximum atomic E-state index is 10.3. The Morgan fingerprint density at radius 1 is 1.30 bits per heavy atom. The number of aliphatic hydroxyl groups excluding tert-OH is 1. The van der Waals surface area contributed by atoms with Crippen LogP contribution in [-0.4, -0.2) is 35.7 Å². The second kappa shape index (κ2) is 6.18. The summed E-state index contributed by atoms with van der Waals surface area (Å²) in [5.41, 5.74) is 5.36. The van der Waals surface area contributed by atoms with E-state index in [2.05, 4.69) is 39.8 Å². The summed E-state index contributed by atoms with van der Waals surface area (Å²) < 4.78 is 0. The molecule has 1 aromatic carbocycles. The Hall–Kier alpha value is -1.68. The summed E-state index contributed by atoms with van der Waals surface area (Å²) in [5, 5.41) is 14.7. The highest BCUT2D eigenvalue weighted by Gasteiger charge is 2.35. The average Bonchev–Trinajstić information content (AvgIpc) is 2.92. The van der Waals surface area contributed by atoms with Crippen LogP contribution in [0.25, 0.3) is 0 Å². The van der Waals surface area contributed by atoms with Crippen LogP contribution in [0.15, 0.2) is 40.4 Å². The van der Waals surface area contributed by atoms with Gasteiger partial charge >= 0.3 is 0 Å². The molecule has 0 aromatic heterocycles. The number of aryl methyl sites for hydroxylation is 1. The van der Waals surface area contributed by atoms with Gasteiger partial charge in [0.25, 0.3) is 0 Å². The molecular formula is C16H21N3O. The van der Waals surface area contributed by atoms with E-state index in [1.165, 1.54) is 5.56 Å². The monoisotopic (exact) mass is 271 g/mol. The van der Waals surface area contributed by atoms with Crippen LogP contribution in [-0.2, 0) is 6.42 Å². The summed E-state index contributed by atoms with van der Waals surface area (Å²) in [4.78, 5) is 4.32. The molecule has 2 aliphatic rings. The summed E-state index contributed by atoms with van der Waals surface area (Å²) in [5.74, 6) is 0.284. The summed E-state index contributed by atoms with van der Waals surface area (Å²) in [6, 6.07) is 10.7. The maximum Gasteiger partial charge on any atom is 0.0943 e. The van der Waals surface area contributed by atoms with E-state index in [0.717, 1.165) is 37.9 Å². The predicted octanol–water partition coefficient (Wildman–Crippen LogP) is 1.79. The number of rotatable bonds is 5. The molecule has 0 aliphatic carbocycles. The third-order valence-corrected chi connectivity index (χ3v) is 4.14. The van der Waals surface area contributed by atoms with Gasteiger partial charge in [-0.15, -0.1) is 0 Å². The third-order valence-electron chi connectivity index (χ3n) is 4.14. The minimum atomic E-state index is -0.436. The van der Waals surface area contributed by atoms with E-state index in [1.54, 1.807) is 0 Å². The first-order valence-corrected chi connectivity index (χ1v) is 7.38. The standard InChI is InChI=1S/C16H21N3O/c20-15(8-4-7-12-5-2-1-3-6-12)16-13-11-17-10-9-14(13)18-19-16/h1-3,5-6,10,13-15,18,20H,4,7-9,11H2. The fourth-order valence-corrected chi connectivity index (χ4v) is 2.96. The highest BCUT2D eigenvalue weighted by Crippen LogP contribution is 2.22. The van der Waals surface area contributed by atoms with Gasteiger partial charge in [0.2, 0.25) is 0 Å². The van der Waals surface area contributed by atoms with Crippen molar-refractivity contribution >= 4 is 11.9 Å². The van der Waals surface area contributed by atoms with Crippen LogP contribution in [0.2, 0.25) is 0 Å². The fraction of sp³-hybridized carbons (Fsp3) is 0.500. The first-order chi connectivity index (χ1) is 9.84. The number of hydrogen-bond donors (Lipinski definition) is 2. The van der Waals surface area contributed by atoms with Crippen molar-refractivity contribution in [1.29, 1.82) is 0 Å². The van der Waals surface area contributed by atoms with Crippen molar-refractivity contribution in [3.8, 4) is 0 Å². The summed E-state index contributed by atoms with van der Waals surface area (Å²) in [7, 11) is 0. The second-order valence-electron chi connectivity index (χ2n) is 5.56. The smallest absolute Gasteiger partial charge is 0.0943 e. The minimum absolute atomic E-state index is 0.284. The topological polar surface area (TPSA) is 57.0 Å². The average molecular weight is 271 g/mol. The van der Waals surface area contributed by atoms with Gasteiger partial charge in [0.05, 0.1) is 17.9 Å².